The highest BCUT2D eigenvalue weighted by Gasteiger charge is 2.50. The van der Waals surface area contributed by atoms with Crippen LogP contribution in [0.2, 0.25) is 0 Å². The van der Waals surface area contributed by atoms with Crippen LogP contribution in [-0.4, -0.2) is 71.7 Å². The minimum atomic E-state index is -2.68. The zero-order valence-corrected chi connectivity index (χ0v) is 14.3. The van der Waals surface area contributed by atoms with Crippen LogP contribution < -0.4 is 0 Å². The fourth-order valence-electron chi connectivity index (χ4n) is 3.61. The molecule has 8 heteroatoms. The van der Waals surface area contributed by atoms with Crippen molar-refractivity contribution in [3.05, 3.63) is 17.5 Å². The number of rotatable bonds is 6. The number of likely N-dealkylation sites (tertiary alicyclic amines) is 2. The molecule has 1 aromatic heterocycles. The molecule has 1 amide bonds. The van der Waals surface area contributed by atoms with Crippen LogP contribution >= 0.6 is 0 Å². The Bertz CT molecular complexity index is 641. The van der Waals surface area contributed by atoms with Gasteiger partial charge in [0.15, 0.2) is 0 Å². The van der Waals surface area contributed by atoms with E-state index in [9.17, 15) is 13.6 Å². The van der Waals surface area contributed by atoms with Crippen LogP contribution in [0.4, 0.5) is 8.78 Å². The second kappa shape index (κ2) is 6.32. The maximum absolute atomic E-state index is 13.9. The van der Waals surface area contributed by atoms with E-state index in [1.165, 1.54) is 12.8 Å². The van der Waals surface area contributed by atoms with Crippen LogP contribution in [0.25, 0.3) is 0 Å². The van der Waals surface area contributed by atoms with Crippen LogP contribution in [0, 0.1) is 12.8 Å². The maximum Gasteiger partial charge on any atom is 0.292 e. The van der Waals surface area contributed by atoms with Gasteiger partial charge in [-0.25, -0.2) is 8.78 Å². The number of alkyl halides is 2. The molecule has 0 unspecified atom stereocenters. The summed E-state index contributed by atoms with van der Waals surface area (Å²) < 4.78 is 38.4. The third kappa shape index (κ3) is 3.69. The van der Waals surface area contributed by atoms with Gasteiger partial charge in [0.2, 0.25) is 5.76 Å². The summed E-state index contributed by atoms with van der Waals surface area (Å²) in [7, 11) is 0. The Labute approximate surface area is 145 Å². The smallest absolute Gasteiger partial charge is 0.292 e. The van der Waals surface area contributed by atoms with E-state index in [0.29, 0.717) is 37.9 Å². The minimum Gasteiger partial charge on any atom is -0.380 e. The van der Waals surface area contributed by atoms with Gasteiger partial charge in [-0.15, -0.1) is 0 Å². The van der Waals surface area contributed by atoms with Gasteiger partial charge in [0.05, 0.1) is 18.8 Å². The first-order valence-corrected chi connectivity index (χ1v) is 8.85. The number of aryl methyl sites for hydroxylation is 1. The number of carbonyl (C=O) groups is 1. The Morgan fingerprint density at radius 2 is 2.16 bits per heavy atom. The Morgan fingerprint density at radius 3 is 2.80 bits per heavy atom. The summed E-state index contributed by atoms with van der Waals surface area (Å²) in [6.45, 7) is 3.39. The van der Waals surface area contributed by atoms with E-state index in [1.54, 1.807) is 17.9 Å². The molecule has 0 spiro atoms. The molecule has 0 N–H and O–H groups in total. The number of hydrogen-bond donors (Lipinski definition) is 0. The molecule has 3 heterocycles. The Hall–Kier alpha value is -1.54. The lowest BCUT2D eigenvalue weighted by Crippen LogP contribution is -2.62. The maximum atomic E-state index is 13.9. The van der Waals surface area contributed by atoms with E-state index in [0.717, 1.165) is 0 Å². The second-order valence-corrected chi connectivity index (χ2v) is 7.56. The molecule has 25 heavy (non-hydrogen) atoms. The Balaban J connectivity index is 1.31. The molecular formula is C17H23F2N3O3. The average Bonchev–Trinajstić information content (AvgIpc) is 3.13. The predicted molar refractivity (Wildman–Crippen MR) is 84.5 cm³/mol. The molecule has 3 fully saturated rings. The van der Waals surface area contributed by atoms with Gasteiger partial charge in [0, 0.05) is 44.3 Å². The fraction of sp³-hybridized carbons (Fsp3) is 0.765. The topological polar surface area (TPSA) is 58.8 Å². The van der Waals surface area contributed by atoms with Crippen molar-refractivity contribution >= 4 is 5.91 Å². The molecule has 0 aromatic carbocycles. The summed E-state index contributed by atoms with van der Waals surface area (Å²) in [6.07, 6.45) is 2.21. The first kappa shape index (κ1) is 16.9. The molecule has 0 bridgehead atoms. The van der Waals surface area contributed by atoms with Crippen molar-refractivity contribution in [2.75, 3.05) is 32.8 Å². The lowest BCUT2D eigenvalue weighted by molar-refractivity contribution is -0.0166. The fourth-order valence-corrected chi connectivity index (χ4v) is 3.61. The quantitative estimate of drug-likeness (QED) is 0.781. The van der Waals surface area contributed by atoms with Crippen LogP contribution in [0.1, 0.15) is 35.5 Å². The average molecular weight is 355 g/mol. The van der Waals surface area contributed by atoms with Gasteiger partial charge in [-0.3, -0.25) is 9.69 Å². The first-order chi connectivity index (χ1) is 11.9. The lowest BCUT2D eigenvalue weighted by atomic mass is 10.1. The van der Waals surface area contributed by atoms with Gasteiger partial charge in [-0.1, -0.05) is 5.16 Å². The molecule has 6 nitrogen and oxygen atoms in total. The lowest BCUT2D eigenvalue weighted by Gasteiger charge is -2.45. The number of halogens is 2. The molecular weight excluding hydrogens is 332 g/mol. The normalized spacial score (nSPS) is 26.8. The van der Waals surface area contributed by atoms with E-state index in [2.05, 4.69) is 5.16 Å². The van der Waals surface area contributed by atoms with Crippen LogP contribution in [0.5, 0.6) is 0 Å². The van der Waals surface area contributed by atoms with E-state index in [-0.39, 0.29) is 36.7 Å². The van der Waals surface area contributed by atoms with E-state index >= 15 is 0 Å². The van der Waals surface area contributed by atoms with Crippen molar-refractivity contribution < 1.29 is 22.8 Å². The summed E-state index contributed by atoms with van der Waals surface area (Å²) >= 11 is 0. The highest BCUT2D eigenvalue weighted by Crippen LogP contribution is 2.36. The molecule has 0 radical (unpaired) electrons. The predicted octanol–water partition coefficient (Wildman–Crippen LogP) is 1.94. The van der Waals surface area contributed by atoms with E-state index in [1.807, 2.05) is 4.90 Å². The summed E-state index contributed by atoms with van der Waals surface area (Å²) in [5.41, 5.74) is 0.646. The molecule has 2 saturated heterocycles. The molecule has 1 saturated carbocycles. The molecule has 4 rings (SSSR count). The molecule has 1 aromatic rings. The van der Waals surface area contributed by atoms with Crippen molar-refractivity contribution in [2.24, 2.45) is 5.92 Å². The number of nitrogens with zero attached hydrogens (tertiary/aromatic N) is 3. The van der Waals surface area contributed by atoms with Gasteiger partial charge >= 0.3 is 0 Å². The first-order valence-electron chi connectivity index (χ1n) is 8.85. The van der Waals surface area contributed by atoms with Crippen molar-refractivity contribution in [1.29, 1.82) is 0 Å². The molecule has 1 aliphatic carbocycles. The highest BCUT2D eigenvalue weighted by atomic mass is 19.3. The zero-order chi connectivity index (χ0) is 17.6. The van der Waals surface area contributed by atoms with Gasteiger partial charge < -0.3 is 14.2 Å². The third-order valence-electron chi connectivity index (χ3n) is 5.24. The van der Waals surface area contributed by atoms with Crippen LogP contribution in [0.3, 0.4) is 0 Å². The van der Waals surface area contributed by atoms with E-state index in [4.69, 9.17) is 9.26 Å². The monoisotopic (exact) mass is 355 g/mol. The Morgan fingerprint density at radius 1 is 1.40 bits per heavy atom. The van der Waals surface area contributed by atoms with Gasteiger partial charge in [-0.2, -0.15) is 0 Å². The molecule has 3 aliphatic rings. The van der Waals surface area contributed by atoms with Gasteiger partial charge in [0.1, 0.15) is 0 Å². The zero-order valence-electron chi connectivity index (χ0n) is 14.3. The summed E-state index contributed by atoms with van der Waals surface area (Å²) in [5, 5.41) is 3.71. The third-order valence-corrected chi connectivity index (χ3v) is 5.24. The van der Waals surface area contributed by atoms with Crippen molar-refractivity contribution in [2.45, 2.75) is 44.2 Å². The van der Waals surface area contributed by atoms with Crippen molar-refractivity contribution in [1.82, 2.24) is 15.0 Å². The summed E-state index contributed by atoms with van der Waals surface area (Å²) in [6, 6.07) is 1.27. The van der Waals surface area contributed by atoms with Gasteiger partial charge in [0.25, 0.3) is 11.8 Å². The van der Waals surface area contributed by atoms with Crippen LogP contribution in [0.15, 0.2) is 10.6 Å². The number of hydrogen-bond acceptors (Lipinski definition) is 5. The van der Waals surface area contributed by atoms with Crippen molar-refractivity contribution in [3.63, 3.8) is 0 Å². The highest BCUT2D eigenvalue weighted by molar-refractivity contribution is 5.92. The minimum absolute atomic E-state index is 0.0455. The molecule has 1 atom stereocenters. The number of aromatic nitrogens is 1. The number of carbonyl (C=O) groups excluding carboxylic acids is 1. The van der Waals surface area contributed by atoms with Crippen LogP contribution in [-0.2, 0) is 4.74 Å². The SMILES string of the molecule is Cc1cc(C(=O)N2CC(N3CC(F)(F)C[C@H]3COCC3CC3)C2)on1. The largest absolute Gasteiger partial charge is 0.380 e. The van der Waals surface area contributed by atoms with Gasteiger partial charge in [-0.05, 0) is 25.7 Å². The van der Waals surface area contributed by atoms with Crippen molar-refractivity contribution in [3.8, 4) is 0 Å². The standard InChI is InChI=1S/C17H23F2N3O3/c1-11-4-15(25-20-11)16(23)21-6-14(7-21)22-10-17(18,19)5-13(22)9-24-8-12-2-3-12/h4,12-14H,2-3,5-10H2,1H3/t13-/m0/s1. The summed E-state index contributed by atoms with van der Waals surface area (Å²) in [5.74, 6) is -2.09. The van der Waals surface area contributed by atoms with E-state index < -0.39 is 5.92 Å². The second-order valence-electron chi connectivity index (χ2n) is 7.56. The number of amides is 1. The number of ether oxygens (including phenoxy) is 1. The summed E-state index contributed by atoms with van der Waals surface area (Å²) in [4.78, 5) is 15.7. The molecule has 2 aliphatic heterocycles. The Kier molecular flexibility index (Phi) is 4.27. The molecule has 138 valence electrons.